The van der Waals surface area contributed by atoms with E-state index in [4.69, 9.17) is 9.72 Å². The first-order valence-electron chi connectivity index (χ1n) is 24.5. The summed E-state index contributed by atoms with van der Waals surface area (Å²) in [6, 6.07) is 55.3. The molecule has 0 aliphatic rings. The fraction of sp³-hybridized carbons (Fsp3) is 0.312. The fourth-order valence-corrected chi connectivity index (χ4v) is 9.84. The molecule has 0 spiro atoms. The number of ether oxygens (including phenoxy) is 1. The van der Waals surface area contributed by atoms with Gasteiger partial charge in [0.05, 0.1) is 17.1 Å². The van der Waals surface area contributed by atoms with Crippen molar-refractivity contribution in [2.24, 2.45) is 0 Å². The minimum absolute atomic E-state index is 0. The molecule has 3 heterocycles. The number of fused-ring (bicyclic) bond motifs is 3. The Morgan fingerprint density at radius 2 is 1.10 bits per heavy atom. The van der Waals surface area contributed by atoms with Gasteiger partial charge in [-0.3, -0.25) is 4.57 Å². The zero-order valence-corrected chi connectivity index (χ0v) is 46.1. The predicted molar refractivity (Wildman–Crippen MR) is 287 cm³/mol. The summed E-state index contributed by atoms with van der Waals surface area (Å²) >= 11 is 0. The van der Waals surface area contributed by atoms with Crippen LogP contribution in [0.15, 0.2) is 140 Å². The van der Waals surface area contributed by atoms with Crippen LogP contribution in [0.25, 0.3) is 61.3 Å². The molecule has 0 saturated heterocycles. The van der Waals surface area contributed by atoms with Crippen molar-refractivity contribution in [2.45, 2.75) is 131 Å². The Balaban J connectivity index is 0.00000659. The quantitative estimate of drug-likeness (QED) is 0.118. The minimum Gasteiger partial charge on any atom is -0.510 e. The van der Waals surface area contributed by atoms with E-state index in [1.165, 1.54) is 39.1 Å². The number of pyridine rings is 1. The van der Waals surface area contributed by atoms with Gasteiger partial charge in [0.2, 0.25) is 0 Å². The molecule has 0 unspecified atom stereocenters. The average molecular weight is 1100 g/mol. The average Bonchev–Trinajstić information content (AvgIpc) is 3.87. The Bertz CT molecular complexity index is 3300. The second kappa shape index (κ2) is 18.3. The summed E-state index contributed by atoms with van der Waals surface area (Å²) in [5, 5.41) is 2.23. The third kappa shape index (κ3) is 9.72. The number of nitrogens with zero attached hydrogens (tertiary/aromatic N) is 4. The third-order valence-electron chi connectivity index (χ3n) is 13.1. The van der Waals surface area contributed by atoms with Gasteiger partial charge < -0.3 is 13.9 Å². The summed E-state index contributed by atoms with van der Waals surface area (Å²) in [7, 11) is 0. The molecule has 0 amide bonds. The number of imidazole rings is 1. The second-order valence-electron chi connectivity index (χ2n) is 23.9. The summed E-state index contributed by atoms with van der Waals surface area (Å²) < 4.78 is 13.8. The van der Waals surface area contributed by atoms with Gasteiger partial charge >= 0.3 is 0 Å². The molecule has 0 radical (unpaired) electrons. The molecular formula is C64H68N4OPt-2. The molecule has 3 aromatic heterocycles. The van der Waals surface area contributed by atoms with Crippen LogP contribution in [0.3, 0.4) is 0 Å². The number of aromatic nitrogens is 4. The summed E-state index contributed by atoms with van der Waals surface area (Å²) in [4.78, 5) is 4.91. The van der Waals surface area contributed by atoms with Crippen LogP contribution in [0, 0.1) is 18.5 Å². The molecule has 0 aliphatic heterocycles. The standard InChI is InChI=1S/C64H68N4O.Pt/c1-60(2,3)44-32-33-65-56(36-44)68-54-29-23-22-28-50(54)51-31-30-48(40-55(51)68)69-49-35-45(61(4,5)6)34-46(37-49)66-41-67(59(64(13,14)15)58(66)63(10,11)12)47-38-52(42-24-18-16-19-25-42)57(62(7,8)9)53(39-47)43-26-20-17-21-27-43;/h16-36,38-39H,1-15H3;/q-2;. The van der Waals surface area contributed by atoms with Gasteiger partial charge in [-0.1, -0.05) is 188 Å². The Morgan fingerprint density at radius 3 is 1.66 bits per heavy atom. The van der Waals surface area contributed by atoms with Gasteiger partial charge in [-0.2, -0.15) is 17.7 Å². The largest absolute Gasteiger partial charge is 0.510 e. The van der Waals surface area contributed by atoms with Crippen LogP contribution in [-0.2, 0) is 48.1 Å². The second-order valence-corrected chi connectivity index (χ2v) is 23.9. The molecule has 362 valence electrons. The summed E-state index contributed by atoms with van der Waals surface area (Å²) in [6.07, 6.45) is 5.90. The van der Waals surface area contributed by atoms with Crippen LogP contribution in [-0.4, -0.2) is 14.1 Å². The number of hydrogen-bond acceptors (Lipinski definition) is 2. The van der Waals surface area contributed by atoms with E-state index < -0.39 is 0 Å². The fourth-order valence-electron chi connectivity index (χ4n) is 9.84. The predicted octanol–water partition coefficient (Wildman–Crippen LogP) is 16.3. The summed E-state index contributed by atoms with van der Waals surface area (Å²) in [6.45, 7) is 34.3. The first kappa shape index (κ1) is 50.4. The van der Waals surface area contributed by atoms with Gasteiger partial charge in [-0.15, -0.1) is 29.7 Å². The van der Waals surface area contributed by atoms with E-state index in [9.17, 15) is 0 Å². The first-order chi connectivity index (χ1) is 32.4. The molecule has 0 saturated carbocycles. The number of rotatable bonds is 7. The molecule has 5 nitrogen and oxygen atoms in total. The molecular weight excluding hydrogens is 1040 g/mol. The summed E-state index contributed by atoms with van der Waals surface area (Å²) in [5.74, 6) is 2.07. The molecule has 0 aliphatic carbocycles. The van der Waals surface area contributed by atoms with Crippen LogP contribution >= 0.6 is 0 Å². The Labute approximate surface area is 431 Å². The van der Waals surface area contributed by atoms with Gasteiger partial charge in [-0.05, 0) is 102 Å². The maximum atomic E-state index is 6.96. The van der Waals surface area contributed by atoms with Crippen LogP contribution in [0.2, 0.25) is 0 Å². The topological polar surface area (TPSA) is 35.9 Å². The van der Waals surface area contributed by atoms with E-state index in [1.54, 1.807) is 0 Å². The van der Waals surface area contributed by atoms with Crippen molar-refractivity contribution in [1.29, 1.82) is 0 Å². The Kier molecular flexibility index (Phi) is 13.2. The van der Waals surface area contributed by atoms with E-state index in [1.807, 2.05) is 12.3 Å². The monoisotopic (exact) mass is 1100 g/mol. The maximum Gasteiger partial charge on any atom is 0.267 e. The molecule has 6 heteroatoms. The van der Waals surface area contributed by atoms with Crippen molar-refractivity contribution in [3.63, 3.8) is 0 Å². The molecule has 9 aromatic rings. The molecule has 0 atom stereocenters. The van der Waals surface area contributed by atoms with Gasteiger partial charge in [0.15, 0.2) is 0 Å². The molecule has 6 aromatic carbocycles. The van der Waals surface area contributed by atoms with Crippen LogP contribution in [0.1, 0.15) is 132 Å². The van der Waals surface area contributed by atoms with E-state index >= 15 is 0 Å². The Hall–Kier alpha value is -6.03. The normalized spacial score (nSPS) is 12.7. The van der Waals surface area contributed by atoms with Crippen LogP contribution in [0.5, 0.6) is 11.5 Å². The van der Waals surface area contributed by atoms with Gasteiger partial charge in [-0.25, -0.2) is 4.98 Å². The van der Waals surface area contributed by atoms with Crippen molar-refractivity contribution in [3.8, 4) is 50.9 Å². The maximum absolute atomic E-state index is 6.96. The zero-order chi connectivity index (χ0) is 49.4. The van der Waals surface area contributed by atoms with Crippen molar-refractivity contribution in [3.05, 3.63) is 186 Å². The SMILES string of the molecule is CC(C)(C)c1cc(Oc2[c-]c3c(cc2)c2ccccc2n3-c2cc(C(C)(C)C)ccn2)[c-]c(-n2[c-][n+](-c3cc(-c4ccccc4)c(C(C)(C)C)c(-c4ccccc4)c3)c(C(C)(C)C)c2C(C)(C)C)c1.[Pt]. The van der Waals surface area contributed by atoms with E-state index in [-0.39, 0.29) is 48.1 Å². The molecule has 9 rings (SSSR count). The molecule has 0 bridgehead atoms. The minimum atomic E-state index is -0.294. The zero-order valence-electron chi connectivity index (χ0n) is 43.8. The molecule has 0 N–H and O–H groups in total. The van der Waals surface area contributed by atoms with Crippen molar-refractivity contribution in [2.75, 3.05) is 0 Å². The smallest absolute Gasteiger partial charge is 0.267 e. The van der Waals surface area contributed by atoms with Crippen molar-refractivity contribution >= 4 is 21.8 Å². The van der Waals surface area contributed by atoms with E-state index in [0.29, 0.717) is 11.5 Å². The van der Waals surface area contributed by atoms with E-state index in [2.05, 4.69) is 263 Å². The van der Waals surface area contributed by atoms with Gasteiger partial charge in [0, 0.05) is 44.3 Å². The van der Waals surface area contributed by atoms with Crippen molar-refractivity contribution in [1.82, 2.24) is 14.1 Å². The van der Waals surface area contributed by atoms with Gasteiger partial charge in [0.1, 0.15) is 5.82 Å². The van der Waals surface area contributed by atoms with Gasteiger partial charge in [0.25, 0.3) is 6.33 Å². The number of hydrogen-bond donors (Lipinski definition) is 0. The number of benzene rings is 6. The summed E-state index contributed by atoms with van der Waals surface area (Å²) in [5.41, 5.74) is 13.7. The third-order valence-corrected chi connectivity index (χ3v) is 13.1. The van der Waals surface area contributed by atoms with E-state index in [0.717, 1.165) is 50.3 Å². The van der Waals surface area contributed by atoms with Crippen LogP contribution < -0.4 is 9.30 Å². The van der Waals surface area contributed by atoms with Crippen molar-refractivity contribution < 1.29 is 30.4 Å². The molecule has 70 heavy (non-hydrogen) atoms. The van der Waals surface area contributed by atoms with Crippen LogP contribution in [0.4, 0.5) is 0 Å². The molecule has 0 fully saturated rings. The first-order valence-corrected chi connectivity index (χ1v) is 24.5. The Morgan fingerprint density at radius 1 is 0.514 bits per heavy atom. The number of para-hydroxylation sites is 1.